The molecule has 5 heteroatoms. The topological polar surface area (TPSA) is 41.1 Å². The van der Waals surface area contributed by atoms with Crippen LogP contribution in [0.4, 0.5) is 5.95 Å². The molecule has 1 aliphatic rings. The van der Waals surface area contributed by atoms with Gasteiger partial charge in [0.05, 0.1) is 29.8 Å². The van der Waals surface area contributed by atoms with Crippen LogP contribution in [0.25, 0.3) is 11.0 Å². The van der Waals surface area contributed by atoms with Crippen molar-refractivity contribution < 1.29 is 4.74 Å². The van der Waals surface area contributed by atoms with Crippen LogP contribution in [0.5, 0.6) is 0 Å². The molecule has 96 valence electrons. The Morgan fingerprint density at radius 2 is 2.33 bits per heavy atom. The lowest BCUT2D eigenvalue weighted by Gasteiger charge is -2.37. The summed E-state index contributed by atoms with van der Waals surface area (Å²) in [7, 11) is 0. The van der Waals surface area contributed by atoms with Crippen LogP contribution < -0.4 is 4.90 Å². The molecule has 2 aromatic rings. The van der Waals surface area contributed by atoms with Crippen molar-refractivity contribution in [3.8, 4) is 0 Å². The van der Waals surface area contributed by atoms with Crippen molar-refractivity contribution in [2.75, 3.05) is 23.4 Å². The van der Waals surface area contributed by atoms with Crippen LogP contribution in [0.15, 0.2) is 24.3 Å². The second kappa shape index (κ2) is 4.90. The summed E-state index contributed by atoms with van der Waals surface area (Å²) < 4.78 is 5.73. The average molecular weight is 310 g/mol. The van der Waals surface area contributed by atoms with Crippen molar-refractivity contribution in [1.29, 1.82) is 0 Å². The van der Waals surface area contributed by atoms with Crippen LogP contribution in [0.3, 0.4) is 0 Å². The molecule has 2 atom stereocenters. The standard InChI is InChI=1S/C13H16BrN3O/c1-9-8-18-10(6-14)7-17(9)13-15-11-4-2-3-5-12(11)16-13/h2-5,9-10H,6-8H2,1H3,(H,15,16). The molecular weight excluding hydrogens is 294 g/mol. The number of hydrogen-bond acceptors (Lipinski definition) is 3. The Kier molecular flexibility index (Phi) is 3.26. The number of anilines is 1. The zero-order chi connectivity index (χ0) is 12.5. The highest BCUT2D eigenvalue weighted by Crippen LogP contribution is 2.22. The van der Waals surface area contributed by atoms with Crippen molar-refractivity contribution in [3.63, 3.8) is 0 Å². The molecule has 1 aliphatic heterocycles. The summed E-state index contributed by atoms with van der Waals surface area (Å²) in [6, 6.07) is 8.47. The fraction of sp³-hybridized carbons (Fsp3) is 0.462. The van der Waals surface area contributed by atoms with Gasteiger partial charge in [-0.25, -0.2) is 4.98 Å². The molecule has 1 fully saturated rings. The Balaban J connectivity index is 1.92. The van der Waals surface area contributed by atoms with Gasteiger partial charge in [0.25, 0.3) is 0 Å². The number of morpholine rings is 1. The highest BCUT2D eigenvalue weighted by Gasteiger charge is 2.27. The Hall–Kier alpha value is -1.07. The number of para-hydroxylation sites is 2. The number of ether oxygens (including phenoxy) is 1. The zero-order valence-corrected chi connectivity index (χ0v) is 11.9. The van der Waals surface area contributed by atoms with Gasteiger partial charge >= 0.3 is 0 Å². The largest absolute Gasteiger partial charge is 0.373 e. The van der Waals surface area contributed by atoms with E-state index >= 15 is 0 Å². The second-order valence-electron chi connectivity index (χ2n) is 4.69. The van der Waals surface area contributed by atoms with Crippen molar-refractivity contribution in [3.05, 3.63) is 24.3 Å². The second-order valence-corrected chi connectivity index (χ2v) is 5.34. The summed E-state index contributed by atoms with van der Waals surface area (Å²) >= 11 is 3.48. The normalized spacial score (nSPS) is 24.7. The van der Waals surface area contributed by atoms with E-state index in [-0.39, 0.29) is 6.10 Å². The number of fused-ring (bicyclic) bond motifs is 1. The number of aromatic amines is 1. The van der Waals surface area contributed by atoms with Gasteiger partial charge in [-0.3, -0.25) is 0 Å². The number of hydrogen-bond donors (Lipinski definition) is 1. The van der Waals surface area contributed by atoms with Crippen molar-refractivity contribution in [1.82, 2.24) is 9.97 Å². The van der Waals surface area contributed by atoms with E-state index in [1.54, 1.807) is 0 Å². The van der Waals surface area contributed by atoms with Gasteiger partial charge < -0.3 is 14.6 Å². The van der Waals surface area contributed by atoms with Crippen LogP contribution in [-0.2, 0) is 4.74 Å². The lowest BCUT2D eigenvalue weighted by Crippen LogP contribution is -2.49. The summed E-state index contributed by atoms with van der Waals surface area (Å²) in [5.41, 5.74) is 2.10. The first-order valence-electron chi connectivity index (χ1n) is 6.17. The summed E-state index contributed by atoms with van der Waals surface area (Å²) in [4.78, 5) is 10.3. The molecule has 0 bridgehead atoms. The molecule has 2 unspecified atom stereocenters. The van der Waals surface area contributed by atoms with Gasteiger partial charge in [-0.1, -0.05) is 28.1 Å². The molecule has 4 nitrogen and oxygen atoms in total. The van der Waals surface area contributed by atoms with E-state index in [0.717, 1.165) is 35.5 Å². The number of alkyl halides is 1. The Bertz CT molecular complexity index is 509. The minimum absolute atomic E-state index is 0.231. The first-order valence-corrected chi connectivity index (χ1v) is 7.29. The van der Waals surface area contributed by atoms with Gasteiger partial charge in [-0.15, -0.1) is 0 Å². The number of aromatic nitrogens is 2. The maximum atomic E-state index is 5.73. The van der Waals surface area contributed by atoms with Crippen LogP contribution in [0.1, 0.15) is 6.92 Å². The molecule has 0 aliphatic carbocycles. The first-order chi connectivity index (χ1) is 8.78. The summed E-state index contributed by atoms with van der Waals surface area (Å²) in [6.45, 7) is 3.77. The van der Waals surface area contributed by atoms with E-state index in [1.165, 1.54) is 0 Å². The highest BCUT2D eigenvalue weighted by atomic mass is 79.9. The Morgan fingerprint density at radius 3 is 3.11 bits per heavy atom. The SMILES string of the molecule is CC1COC(CBr)CN1c1nc2ccccc2[nH]1. The maximum absolute atomic E-state index is 5.73. The fourth-order valence-electron chi connectivity index (χ4n) is 2.28. The van der Waals surface area contributed by atoms with E-state index in [2.05, 4.69) is 43.8 Å². The van der Waals surface area contributed by atoms with Gasteiger partial charge in [0.2, 0.25) is 5.95 Å². The molecule has 0 saturated carbocycles. The number of halogens is 1. The Morgan fingerprint density at radius 1 is 1.50 bits per heavy atom. The maximum Gasteiger partial charge on any atom is 0.204 e. The third-order valence-electron chi connectivity index (χ3n) is 3.33. The lowest BCUT2D eigenvalue weighted by molar-refractivity contribution is 0.0374. The molecule has 1 aromatic heterocycles. The monoisotopic (exact) mass is 309 g/mol. The molecule has 0 amide bonds. The van der Waals surface area contributed by atoms with Crippen molar-refractivity contribution in [2.24, 2.45) is 0 Å². The minimum Gasteiger partial charge on any atom is -0.373 e. The molecule has 2 heterocycles. The van der Waals surface area contributed by atoms with E-state index in [1.807, 2.05) is 18.2 Å². The van der Waals surface area contributed by atoms with Crippen LogP contribution in [-0.4, -0.2) is 40.6 Å². The molecular formula is C13H16BrN3O. The number of nitrogens with zero attached hydrogens (tertiary/aromatic N) is 2. The molecule has 0 spiro atoms. The number of benzene rings is 1. The summed E-state index contributed by atoms with van der Waals surface area (Å²) in [5, 5.41) is 0.858. The summed E-state index contributed by atoms with van der Waals surface area (Å²) in [6.07, 6.45) is 0.231. The predicted octanol–water partition coefficient (Wildman–Crippen LogP) is 2.55. The molecule has 18 heavy (non-hydrogen) atoms. The Labute approximate surface area is 114 Å². The predicted molar refractivity (Wildman–Crippen MR) is 76.4 cm³/mol. The number of imidazole rings is 1. The van der Waals surface area contributed by atoms with E-state index in [0.29, 0.717) is 6.04 Å². The highest BCUT2D eigenvalue weighted by molar-refractivity contribution is 9.09. The van der Waals surface area contributed by atoms with Crippen LogP contribution in [0.2, 0.25) is 0 Å². The molecule has 1 N–H and O–H groups in total. The molecule has 0 radical (unpaired) electrons. The third kappa shape index (κ3) is 2.12. The van der Waals surface area contributed by atoms with E-state index < -0.39 is 0 Å². The fourth-order valence-corrected chi connectivity index (χ4v) is 2.67. The zero-order valence-electron chi connectivity index (χ0n) is 10.3. The lowest BCUT2D eigenvalue weighted by atomic mass is 10.2. The summed E-state index contributed by atoms with van der Waals surface area (Å²) in [5.74, 6) is 0.943. The van der Waals surface area contributed by atoms with Gasteiger partial charge in [-0.2, -0.15) is 0 Å². The van der Waals surface area contributed by atoms with Crippen molar-refractivity contribution in [2.45, 2.75) is 19.1 Å². The van der Waals surface area contributed by atoms with Gasteiger partial charge in [-0.05, 0) is 19.1 Å². The van der Waals surface area contributed by atoms with E-state index in [9.17, 15) is 0 Å². The van der Waals surface area contributed by atoms with Gasteiger partial charge in [0.1, 0.15) is 0 Å². The number of rotatable bonds is 2. The average Bonchev–Trinajstić information content (AvgIpc) is 2.82. The van der Waals surface area contributed by atoms with Crippen LogP contribution in [0, 0.1) is 0 Å². The van der Waals surface area contributed by atoms with Crippen LogP contribution >= 0.6 is 15.9 Å². The molecule has 3 rings (SSSR count). The number of nitrogens with one attached hydrogen (secondary N) is 1. The smallest absolute Gasteiger partial charge is 0.204 e. The first kappa shape index (κ1) is 12.0. The third-order valence-corrected chi connectivity index (χ3v) is 4.05. The van der Waals surface area contributed by atoms with Gasteiger partial charge in [0.15, 0.2) is 0 Å². The quantitative estimate of drug-likeness (QED) is 0.867. The number of H-pyrrole nitrogens is 1. The minimum atomic E-state index is 0.231. The molecule has 1 saturated heterocycles. The van der Waals surface area contributed by atoms with Crippen molar-refractivity contribution >= 4 is 32.9 Å². The van der Waals surface area contributed by atoms with Gasteiger partial charge in [0, 0.05) is 11.9 Å². The molecule has 1 aromatic carbocycles. The van der Waals surface area contributed by atoms with E-state index in [4.69, 9.17) is 4.74 Å².